The lowest BCUT2D eigenvalue weighted by Crippen LogP contribution is -2.49. The first-order valence-electron chi connectivity index (χ1n) is 11.3. The minimum atomic E-state index is 0.184. The Hall–Kier alpha value is -2.06. The fraction of sp³-hybridized carbons (Fsp3) is 0.609. The number of aromatic nitrogens is 3. The summed E-state index contributed by atoms with van der Waals surface area (Å²) in [4.78, 5) is 19.4. The standard InChI is InChI=1S/C23H36N6OS/c1-5-7-13-29-22(20(6-2)26(3)4)24-25-23(29)31-18-21(30)28-16-14-27(15-17-28)19-11-9-8-10-12-19/h8-12,20H,5-7,13-18H2,1-4H3/t20-/m0/s1. The number of carbonyl (C=O) groups is 1. The molecule has 1 fully saturated rings. The number of unbranched alkanes of at least 4 members (excludes halogenated alkanes) is 1. The molecule has 3 rings (SSSR count). The second-order valence-corrected chi connectivity index (χ2v) is 9.17. The summed E-state index contributed by atoms with van der Waals surface area (Å²) in [6.45, 7) is 8.54. The van der Waals surface area contributed by atoms with Gasteiger partial charge in [0.25, 0.3) is 0 Å². The first-order valence-corrected chi connectivity index (χ1v) is 12.3. The number of benzene rings is 1. The van der Waals surface area contributed by atoms with Crippen molar-refractivity contribution in [1.29, 1.82) is 0 Å². The predicted molar refractivity (Wildman–Crippen MR) is 128 cm³/mol. The van der Waals surface area contributed by atoms with Crippen LogP contribution in [-0.4, -0.2) is 76.5 Å². The van der Waals surface area contributed by atoms with Crippen LogP contribution in [0.25, 0.3) is 0 Å². The number of hydrogen-bond donors (Lipinski definition) is 0. The van der Waals surface area contributed by atoms with Gasteiger partial charge in [0, 0.05) is 38.4 Å². The number of thioether (sulfide) groups is 1. The molecule has 170 valence electrons. The van der Waals surface area contributed by atoms with Gasteiger partial charge < -0.3 is 14.4 Å². The van der Waals surface area contributed by atoms with Gasteiger partial charge >= 0.3 is 0 Å². The molecular weight excluding hydrogens is 408 g/mol. The number of anilines is 1. The molecule has 0 bridgehead atoms. The number of para-hydroxylation sites is 1. The Morgan fingerprint density at radius 1 is 1.10 bits per heavy atom. The van der Waals surface area contributed by atoms with Gasteiger partial charge in [0.1, 0.15) is 0 Å². The molecule has 8 heteroatoms. The third kappa shape index (κ3) is 6.01. The highest BCUT2D eigenvalue weighted by Gasteiger charge is 2.24. The quantitative estimate of drug-likeness (QED) is 0.523. The maximum atomic E-state index is 12.9. The molecule has 0 aliphatic carbocycles. The Morgan fingerprint density at radius 2 is 1.81 bits per heavy atom. The van der Waals surface area contributed by atoms with E-state index in [-0.39, 0.29) is 11.9 Å². The van der Waals surface area contributed by atoms with Crippen LogP contribution in [0.3, 0.4) is 0 Å². The maximum Gasteiger partial charge on any atom is 0.233 e. The number of nitrogens with zero attached hydrogens (tertiary/aromatic N) is 6. The fourth-order valence-corrected chi connectivity index (χ4v) is 4.90. The Morgan fingerprint density at radius 3 is 2.42 bits per heavy atom. The largest absolute Gasteiger partial charge is 0.368 e. The second-order valence-electron chi connectivity index (χ2n) is 8.23. The minimum Gasteiger partial charge on any atom is -0.368 e. The fourth-order valence-electron chi connectivity index (χ4n) is 4.03. The molecule has 1 saturated heterocycles. The monoisotopic (exact) mass is 444 g/mol. The third-order valence-electron chi connectivity index (χ3n) is 5.87. The molecule has 2 heterocycles. The van der Waals surface area contributed by atoms with Crippen LogP contribution in [0.5, 0.6) is 0 Å². The molecule has 0 N–H and O–H groups in total. The van der Waals surface area contributed by atoms with Gasteiger partial charge in [0.05, 0.1) is 11.8 Å². The number of rotatable bonds is 10. The van der Waals surface area contributed by atoms with Crippen molar-refractivity contribution >= 4 is 23.4 Å². The lowest BCUT2D eigenvalue weighted by molar-refractivity contribution is -0.128. The van der Waals surface area contributed by atoms with Crippen molar-refractivity contribution < 1.29 is 4.79 Å². The van der Waals surface area contributed by atoms with E-state index in [0.29, 0.717) is 5.75 Å². The van der Waals surface area contributed by atoms with E-state index in [1.807, 2.05) is 11.0 Å². The number of hydrogen-bond acceptors (Lipinski definition) is 6. The lowest BCUT2D eigenvalue weighted by atomic mass is 10.2. The molecule has 1 aliphatic heterocycles. The van der Waals surface area contributed by atoms with Crippen molar-refractivity contribution in [3.63, 3.8) is 0 Å². The zero-order chi connectivity index (χ0) is 22.2. The SMILES string of the molecule is CCCCn1c(SCC(=O)N2CCN(c3ccccc3)CC2)nnc1[C@H](CC)N(C)C. The van der Waals surface area contributed by atoms with E-state index in [0.717, 1.165) is 63.0 Å². The van der Waals surface area contributed by atoms with Crippen LogP contribution in [0.2, 0.25) is 0 Å². The van der Waals surface area contributed by atoms with Gasteiger partial charge in [0.15, 0.2) is 11.0 Å². The molecule has 1 aromatic carbocycles. The predicted octanol–water partition coefficient (Wildman–Crippen LogP) is 3.53. The van der Waals surface area contributed by atoms with Crippen molar-refractivity contribution in [3.8, 4) is 0 Å². The highest BCUT2D eigenvalue weighted by atomic mass is 32.2. The summed E-state index contributed by atoms with van der Waals surface area (Å²) >= 11 is 1.52. The summed E-state index contributed by atoms with van der Waals surface area (Å²) in [5, 5.41) is 9.83. The topological polar surface area (TPSA) is 57.5 Å². The first-order chi connectivity index (χ1) is 15.0. The molecular formula is C23H36N6OS. The highest BCUT2D eigenvalue weighted by molar-refractivity contribution is 7.99. The number of piperazine rings is 1. The van der Waals surface area contributed by atoms with Crippen LogP contribution in [-0.2, 0) is 11.3 Å². The summed E-state index contributed by atoms with van der Waals surface area (Å²) in [6, 6.07) is 10.7. The van der Waals surface area contributed by atoms with Crippen LogP contribution in [0.1, 0.15) is 45.0 Å². The van der Waals surface area contributed by atoms with Crippen molar-refractivity contribution in [2.45, 2.75) is 50.9 Å². The minimum absolute atomic E-state index is 0.184. The van der Waals surface area contributed by atoms with Crippen LogP contribution in [0, 0.1) is 0 Å². The maximum absolute atomic E-state index is 12.9. The first kappa shape index (κ1) is 23.6. The van der Waals surface area contributed by atoms with Gasteiger partial charge in [-0.15, -0.1) is 10.2 Å². The van der Waals surface area contributed by atoms with Crippen molar-refractivity contribution in [2.24, 2.45) is 0 Å². The van der Waals surface area contributed by atoms with Gasteiger partial charge in [-0.3, -0.25) is 9.69 Å². The number of carbonyl (C=O) groups excluding carboxylic acids is 1. The molecule has 0 unspecified atom stereocenters. The van der Waals surface area contributed by atoms with E-state index in [9.17, 15) is 4.79 Å². The van der Waals surface area contributed by atoms with Gasteiger partial charge in [-0.05, 0) is 39.1 Å². The summed E-state index contributed by atoms with van der Waals surface area (Å²) in [5.74, 6) is 1.60. The highest BCUT2D eigenvalue weighted by Crippen LogP contribution is 2.26. The van der Waals surface area contributed by atoms with Gasteiger partial charge in [0.2, 0.25) is 5.91 Å². The molecule has 0 spiro atoms. The zero-order valence-corrected chi connectivity index (χ0v) is 20.1. The van der Waals surface area contributed by atoms with Gasteiger partial charge in [-0.25, -0.2) is 0 Å². The van der Waals surface area contributed by atoms with Gasteiger partial charge in [-0.1, -0.05) is 50.2 Å². The van der Waals surface area contributed by atoms with E-state index >= 15 is 0 Å². The normalized spacial score (nSPS) is 15.5. The molecule has 31 heavy (non-hydrogen) atoms. The second kappa shape index (κ2) is 11.5. The van der Waals surface area contributed by atoms with Crippen LogP contribution < -0.4 is 4.90 Å². The van der Waals surface area contributed by atoms with Crippen molar-refractivity contribution in [1.82, 2.24) is 24.6 Å². The Bertz CT molecular complexity index is 817. The zero-order valence-electron chi connectivity index (χ0n) is 19.3. The molecule has 1 amide bonds. The average Bonchev–Trinajstić information content (AvgIpc) is 3.19. The van der Waals surface area contributed by atoms with Crippen LogP contribution >= 0.6 is 11.8 Å². The van der Waals surface area contributed by atoms with Crippen molar-refractivity contribution in [3.05, 3.63) is 36.2 Å². The number of amides is 1. The van der Waals surface area contributed by atoms with E-state index in [4.69, 9.17) is 0 Å². The molecule has 2 aromatic rings. The van der Waals surface area contributed by atoms with Crippen LogP contribution in [0.4, 0.5) is 5.69 Å². The molecule has 0 radical (unpaired) electrons. The smallest absolute Gasteiger partial charge is 0.233 e. The van der Waals surface area contributed by atoms with E-state index in [1.165, 1.54) is 17.4 Å². The summed E-state index contributed by atoms with van der Waals surface area (Å²) < 4.78 is 2.23. The Balaban J connectivity index is 1.59. The summed E-state index contributed by atoms with van der Waals surface area (Å²) in [6.07, 6.45) is 3.18. The van der Waals surface area contributed by atoms with Crippen molar-refractivity contribution in [2.75, 3.05) is 50.9 Å². The average molecular weight is 445 g/mol. The lowest BCUT2D eigenvalue weighted by Gasteiger charge is -2.36. The van der Waals surface area contributed by atoms with E-state index in [2.05, 4.69) is 76.8 Å². The molecule has 1 aliphatic rings. The molecule has 7 nitrogen and oxygen atoms in total. The Labute approximate surface area is 190 Å². The third-order valence-corrected chi connectivity index (χ3v) is 6.82. The summed E-state index contributed by atoms with van der Waals surface area (Å²) in [7, 11) is 4.16. The van der Waals surface area contributed by atoms with Crippen LogP contribution in [0.15, 0.2) is 35.5 Å². The molecule has 0 saturated carbocycles. The molecule has 1 aromatic heterocycles. The van der Waals surface area contributed by atoms with E-state index < -0.39 is 0 Å². The molecule has 1 atom stereocenters. The van der Waals surface area contributed by atoms with E-state index in [1.54, 1.807) is 0 Å². The van der Waals surface area contributed by atoms with Gasteiger partial charge in [-0.2, -0.15) is 0 Å². The Kier molecular flexibility index (Phi) is 8.78. The summed E-state index contributed by atoms with van der Waals surface area (Å²) in [5.41, 5.74) is 1.23.